The van der Waals surface area contributed by atoms with Gasteiger partial charge in [-0.3, -0.25) is 0 Å². The first-order valence-electron chi connectivity index (χ1n) is 5.22. The molecule has 0 unspecified atom stereocenters. The van der Waals surface area contributed by atoms with Crippen molar-refractivity contribution < 1.29 is 8.42 Å². The number of sulfonamides is 1. The molecule has 0 saturated carbocycles. The fraction of sp³-hybridized carbons (Fsp3) is 1.00. The van der Waals surface area contributed by atoms with E-state index in [2.05, 4.69) is 20.7 Å². The van der Waals surface area contributed by atoms with Gasteiger partial charge in [0.25, 0.3) is 0 Å². The summed E-state index contributed by atoms with van der Waals surface area (Å²) in [6.45, 7) is 8.58. The summed E-state index contributed by atoms with van der Waals surface area (Å²) in [4.78, 5) is 0. The van der Waals surface area contributed by atoms with Crippen molar-refractivity contribution in [2.24, 2.45) is 11.3 Å². The van der Waals surface area contributed by atoms with Crippen LogP contribution >= 0.6 is 15.9 Å². The van der Waals surface area contributed by atoms with Gasteiger partial charge in [-0.05, 0) is 17.8 Å². The maximum absolute atomic E-state index is 11.6. The molecule has 0 saturated heterocycles. The zero-order chi connectivity index (χ0) is 12.1. The van der Waals surface area contributed by atoms with Gasteiger partial charge >= 0.3 is 0 Å². The topological polar surface area (TPSA) is 46.2 Å². The summed E-state index contributed by atoms with van der Waals surface area (Å²) in [6.07, 6.45) is 0.712. The molecule has 0 heterocycles. The van der Waals surface area contributed by atoms with Gasteiger partial charge in [-0.25, -0.2) is 13.1 Å². The van der Waals surface area contributed by atoms with Gasteiger partial charge in [0.2, 0.25) is 10.0 Å². The molecule has 0 aliphatic heterocycles. The average Bonchev–Trinajstić information content (AvgIpc) is 2.13. The zero-order valence-electron chi connectivity index (χ0n) is 10.0. The van der Waals surface area contributed by atoms with E-state index < -0.39 is 10.0 Å². The summed E-state index contributed by atoms with van der Waals surface area (Å²) in [5.74, 6) is 0.647. The molecule has 3 nitrogen and oxygen atoms in total. The second-order valence-corrected chi connectivity index (χ2v) is 7.61. The highest BCUT2D eigenvalue weighted by atomic mass is 79.9. The standard InChI is InChI=1S/C10H22BrNO2S/c1-9(2)5-6-15(13,14)12-8-10(3,4)7-11/h9,12H,5-8H2,1-4H3. The summed E-state index contributed by atoms with van der Waals surface area (Å²) in [5.41, 5.74) is -0.0368. The number of nitrogens with one attached hydrogen (secondary N) is 1. The predicted molar refractivity (Wildman–Crippen MR) is 68.8 cm³/mol. The zero-order valence-corrected chi connectivity index (χ0v) is 12.4. The van der Waals surface area contributed by atoms with Crippen LogP contribution in [0.5, 0.6) is 0 Å². The van der Waals surface area contributed by atoms with Gasteiger partial charge < -0.3 is 0 Å². The van der Waals surface area contributed by atoms with Gasteiger partial charge in [-0.15, -0.1) is 0 Å². The van der Waals surface area contributed by atoms with Crippen LogP contribution in [0.2, 0.25) is 0 Å². The molecule has 0 aliphatic rings. The van der Waals surface area contributed by atoms with Crippen LogP contribution in [0.15, 0.2) is 0 Å². The molecule has 0 amide bonds. The van der Waals surface area contributed by atoms with Gasteiger partial charge in [-0.1, -0.05) is 43.6 Å². The van der Waals surface area contributed by atoms with E-state index >= 15 is 0 Å². The monoisotopic (exact) mass is 299 g/mol. The van der Waals surface area contributed by atoms with Crippen molar-refractivity contribution in [3.63, 3.8) is 0 Å². The lowest BCUT2D eigenvalue weighted by molar-refractivity contribution is 0.419. The Bertz CT molecular complexity index is 273. The molecular formula is C10H22BrNO2S. The second kappa shape index (κ2) is 6.21. The number of hydrogen-bond acceptors (Lipinski definition) is 2. The minimum Gasteiger partial charge on any atom is -0.215 e. The van der Waals surface area contributed by atoms with Crippen molar-refractivity contribution in [2.75, 3.05) is 17.6 Å². The van der Waals surface area contributed by atoms with Gasteiger partial charge in [0.15, 0.2) is 0 Å². The van der Waals surface area contributed by atoms with Crippen molar-refractivity contribution in [1.29, 1.82) is 0 Å². The van der Waals surface area contributed by atoms with Crippen molar-refractivity contribution in [3.8, 4) is 0 Å². The maximum Gasteiger partial charge on any atom is 0.211 e. The Kier molecular flexibility index (Phi) is 6.37. The van der Waals surface area contributed by atoms with E-state index in [1.807, 2.05) is 27.7 Å². The van der Waals surface area contributed by atoms with Crippen LogP contribution in [-0.4, -0.2) is 26.0 Å². The molecule has 15 heavy (non-hydrogen) atoms. The Morgan fingerprint density at radius 2 is 1.87 bits per heavy atom. The largest absolute Gasteiger partial charge is 0.215 e. The van der Waals surface area contributed by atoms with E-state index in [1.54, 1.807) is 0 Å². The van der Waals surface area contributed by atoms with Gasteiger partial charge in [-0.2, -0.15) is 0 Å². The van der Waals surface area contributed by atoms with Gasteiger partial charge in [0.05, 0.1) is 5.75 Å². The lowest BCUT2D eigenvalue weighted by atomic mass is 9.98. The first-order valence-corrected chi connectivity index (χ1v) is 7.99. The van der Waals surface area contributed by atoms with Crippen LogP contribution in [0.1, 0.15) is 34.1 Å². The molecule has 5 heteroatoms. The lowest BCUT2D eigenvalue weighted by Crippen LogP contribution is -2.36. The molecule has 0 radical (unpaired) electrons. The second-order valence-electron chi connectivity index (χ2n) is 5.12. The molecule has 92 valence electrons. The van der Waals surface area contributed by atoms with Crippen LogP contribution in [0, 0.1) is 11.3 Å². The summed E-state index contributed by atoms with van der Waals surface area (Å²) >= 11 is 3.37. The first-order chi connectivity index (χ1) is 6.68. The van der Waals surface area contributed by atoms with E-state index in [1.165, 1.54) is 0 Å². The molecule has 0 aromatic rings. The van der Waals surface area contributed by atoms with Crippen molar-refractivity contribution in [1.82, 2.24) is 4.72 Å². The molecular weight excluding hydrogens is 278 g/mol. The minimum absolute atomic E-state index is 0.0368. The highest BCUT2D eigenvalue weighted by molar-refractivity contribution is 9.09. The third-order valence-electron chi connectivity index (χ3n) is 2.10. The van der Waals surface area contributed by atoms with E-state index in [0.717, 1.165) is 5.33 Å². The minimum atomic E-state index is -3.09. The molecule has 0 aromatic heterocycles. The van der Waals surface area contributed by atoms with Gasteiger partial charge in [0, 0.05) is 11.9 Å². The summed E-state index contributed by atoms with van der Waals surface area (Å²) in [5, 5.41) is 0.784. The average molecular weight is 300 g/mol. The third-order valence-corrected chi connectivity index (χ3v) is 4.97. The highest BCUT2D eigenvalue weighted by Crippen LogP contribution is 2.16. The van der Waals surface area contributed by atoms with Crippen molar-refractivity contribution in [2.45, 2.75) is 34.1 Å². The molecule has 1 N–H and O–H groups in total. The number of alkyl halides is 1. The van der Waals surface area contributed by atoms with Crippen molar-refractivity contribution in [3.05, 3.63) is 0 Å². The Labute approximate surface area is 102 Å². The molecule has 0 fully saturated rings. The normalized spacial score (nSPS) is 13.5. The number of halogens is 1. The number of hydrogen-bond donors (Lipinski definition) is 1. The Morgan fingerprint density at radius 3 is 2.27 bits per heavy atom. The summed E-state index contributed by atoms with van der Waals surface area (Å²) < 4.78 is 25.8. The lowest BCUT2D eigenvalue weighted by Gasteiger charge is -2.21. The van der Waals surface area contributed by atoms with Crippen LogP contribution in [0.25, 0.3) is 0 Å². The number of rotatable bonds is 7. The van der Waals surface area contributed by atoms with Crippen LogP contribution in [0.3, 0.4) is 0 Å². The Balaban J connectivity index is 4.05. The van der Waals surface area contributed by atoms with Crippen LogP contribution in [-0.2, 0) is 10.0 Å². The fourth-order valence-electron chi connectivity index (χ4n) is 0.816. The SMILES string of the molecule is CC(C)CCS(=O)(=O)NCC(C)(C)CBr. The molecule has 0 bridgehead atoms. The van der Waals surface area contributed by atoms with E-state index in [9.17, 15) is 8.42 Å². The molecule has 0 spiro atoms. The van der Waals surface area contributed by atoms with Crippen LogP contribution < -0.4 is 4.72 Å². The maximum atomic E-state index is 11.6. The Hall–Kier alpha value is 0.390. The molecule has 0 atom stereocenters. The van der Waals surface area contributed by atoms with E-state index in [0.29, 0.717) is 18.9 Å². The fourth-order valence-corrected chi connectivity index (χ4v) is 2.55. The summed E-state index contributed by atoms with van der Waals surface area (Å²) in [6, 6.07) is 0. The first kappa shape index (κ1) is 15.4. The molecule has 0 rings (SSSR count). The Morgan fingerprint density at radius 1 is 1.33 bits per heavy atom. The third kappa shape index (κ3) is 8.22. The predicted octanol–water partition coefficient (Wildman–Crippen LogP) is 2.37. The van der Waals surface area contributed by atoms with E-state index in [-0.39, 0.29) is 11.2 Å². The van der Waals surface area contributed by atoms with Crippen LogP contribution in [0.4, 0.5) is 0 Å². The van der Waals surface area contributed by atoms with E-state index in [4.69, 9.17) is 0 Å². The van der Waals surface area contributed by atoms with Crippen molar-refractivity contribution >= 4 is 26.0 Å². The van der Waals surface area contributed by atoms with Gasteiger partial charge in [0.1, 0.15) is 0 Å². The quantitative estimate of drug-likeness (QED) is 0.734. The molecule has 0 aromatic carbocycles. The smallest absolute Gasteiger partial charge is 0.211 e. The molecule has 0 aliphatic carbocycles. The summed E-state index contributed by atoms with van der Waals surface area (Å²) in [7, 11) is -3.09. The highest BCUT2D eigenvalue weighted by Gasteiger charge is 2.19.